The van der Waals surface area contributed by atoms with E-state index in [0.29, 0.717) is 22.9 Å². The molecule has 1 amide bonds. The molecule has 1 aromatic heterocycles. The van der Waals surface area contributed by atoms with E-state index in [0.717, 1.165) is 66.9 Å². The van der Waals surface area contributed by atoms with Gasteiger partial charge < -0.3 is 14.0 Å². The lowest BCUT2D eigenvalue weighted by Crippen LogP contribution is -2.21. The predicted octanol–water partition coefficient (Wildman–Crippen LogP) is 6.02. The first kappa shape index (κ1) is 25.2. The first-order valence-electron chi connectivity index (χ1n) is 12.7. The highest BCUT2D eigenvalue weighted by Crippen LogP contribution is 2.42. The molecule has 0 spiro atoms. The molecule has 0 aliphatic heterocycles. The number of nitrogens with one attached hydrogen (secondary N) is 1. The molecule has 2 aromatic carbocycles. The fraction of sp³-hybridized carbons (Fsp3) is 0.429. The molecule has 2 fully saturated rings. The van der Waals surface area contributed by atoms with Crippen LogP contribution in [0.25, 0.3) is 22.2 Å². The summed E-state index contributed by atoms with van der Waals surface area (Å²) in [4.78, 5) is 12.3. The van der Waals surface area contributed by atoms with E-state index in [-0.39, 0.29) is 12.1 Å². The van der Waals surface area contributed by atoms with Crippen LogP contribution in [0.3, 0.4) is 0 Å². The van der Waals surface area contributed by atoms with E-state index < -0.39 is 21.9 Å². The molecular weight excluding hydrogens is 490 g/mol. The molecule has 0 saturated heterocycles. The summed E-state index contributed by atoms with van der Waals surface area (Å²) < 4.78 is 36.4. The van der Waals surface area contributed by atoms with Gasteiger partial charge in [-0.1, -0.05) is 25.0 Å². The number of hydrogen-bond donors (Lipinski definition) is 1. The van der Waals surface area contributed by atoms with Gasteiger partial charge in [-0.3, -0.25) is 5.32 Å². The van der Waals surface area contributed by atoms with Crippen LogP contribution in [0.4, 0.5) is 10.5 Å². The summed E-state index contributed by atoms with van der Waals surface area (Å²) in [7, 11) is -3.29. The lowest BCUT2D eigenvalue weighted by atomic mass is 10.1. The Bertz CT molecular complexity index is 1460. The van der Waals surface area contributed by atoms with Crippen molar-refractivity contribution in [3.63, 3.8) is 0 Å². The van der Waals surface area contributed by atoms with Crippen molar-refractivity contribution in [2.45, 2.75) is 57.6 Å². The quantitative estimate of drug-likeness (QED) is 0.388. The number of hydrogen-bond acceptors (Lipinski definition) is 6. The Morgan fingerprint density at radius 3 is 2.46 bits per heavy atom. The second kappa shape index (κ2) is 10.1. The Morgan fingerprint density at radius 1 is 1.14 bits per heavy atom. The minimum atomic E-state index is -3.29. The highest BCUT2D eigenvalue weighted by molar-refractivity contribution is 7.90. The molecule has 37 heavy (non-hydrogen) atoms. The summed E-state index contributed by atoms with van der Waals surface area (Å²) in [5.41, 5.74) is 3.72. The topological polar surface area (TPSA) is 110 Å². The molecule has 2 aliphatic rings. The fourth-order valence-corrected chi connectivity index (χ4v) is 5.53. The Balaban J connectivity index is 1.49. The zero-order valence-corrected chi connectivity index (χ0v) is 21.9. The number of amides is 1. The maximum absolute atomic E-state index is 12.3. The van der Waals surface area contributed by atoms with Gasteiger partial charge in [0.05, 0.1) is 16.8 Å². The first-order valence-corrected chi connectivity index (χ1v) is 14.8. The number of ether oxygens (including phenoxy) is 2. The number of carbonyl (C=O) groups excluding carboxylic acids is 1. The van der Waals surface area contributed by atoms with Gasteiger partial charge in [0.15, 0.2) is 15.8 Å². The number of benzene rings is 2. The van der Waals surface area contributed by atoms with Crippen LogP contribution in [0.15, 0.2) is 42.5 Å². The number of nitrogens with zero attached hydrogens (tertiary/aromatic N) is 2. The number of sulfone groups is 1. The average Bonchev–Trinajstić information content (AvgIpc) is 3.48. The van der Waals surface area contributed by atoms with Gasteiger partial charge in [-0.25, -0.2) is 13.2 Å². The lowest BCUT2D eigenvalue weighted by molar-refractivity contribution is 0.108. The van der Waals surface area contributed by atoms with E-state index in [1.54, 1.807) is 6.07 Å². The maximum Gasteiger partial charge on any atom is 0.411 e. The van der Waals surface area contributed by atoms with Crippen molar-refractivity contribution in [2.75, 3.05) is 17.5 Å². The molecule has 0 radical (unpaired) electrons. The number of anilines is 1. The summed E-state index contributed by atoms with van der Waals surface area (Å²) in [6.07, 6.45) is 7.00. The summed E-state index contributed by atoms with van der Waals surface area (Å²) >= 11 is 0. The minimum Gasteiger partial charge on any atom is -0.478 e. The van der Waals surface area contributed by atoms with Gasteiger partial charge in [0.2, 0.25) is 0 Å². The van der Waals surface area contributed by atoms with E-state index >= 15 is 0 Å². The molecular formula is C28H31N3O5S. The number of nitriles is 1. The van der Waals surface area contributed by atoms with Crippen LogP contribution >= 0.6 is 0 Å². The molecule has 1 N–H and O–H groups in total. The van der Waals surface area contributed by atoms with Gasteiger partial charge >= 0.3 is 6.09 Å². The van der Waals surface area contributed by atoms with E-state index in [4.69, 9.17) is 9.47 Å². The van der Waals surface area contributed by atoms with E-state index in [1.807, 2.05) is 43.3 Å². The third-order valence-corrected chi connectivity index (χ3v) is 7.75. The van der Waals surface area contributed by atoms with Gasteiger partial charge in [-0.15, -0.1) is 0 Å². The molecule has 9 heteroatoms. The molecule has 2 saturated carbocycles. The Labute approximate surface area is 217 Å². The molecule has 2 aliphatic carbocycles. The van der Waals surface area contributed by atoms with Gasteiger partial charge in [0.25, 0.3) is 0 Å². The number of aromatic nitrogens is 1. The number of fused-ring (bicyclic) bond motifs is 1. The zero-order chi connectivity index (χ0) is 26.2. The summed E-state index contributed by atoms with van der Waals surface area (Å²) in [5.74, 6) is 0.508. The second-order valence-electron chi connectivity index (χ2n) is 10.2. The molecule has 5 rings (SSSR count). The van der Waals surface area contributed by atoms with Gasteiger partial charge in [0, 0.05) is 29.4 Å². The van der Waals surface area contributed by atoms with E-state index in [9.17, 15) is 18.5 Å². The molecule has 8 nitrogen and oxygen atoms in total. The monoisotopic (exact) mass is 521 g/mol. The Kier molecular flexibility index (Phi) is 6.86. The number of rotatable bonds is 8. The molecule has 0 unspecified atom stereocenters. The Morgan fingerprint density at radius 2 is 1.84 bits per heavy atom. The largest absolute Gasteiger partial charge is 0.478 e. The van der Waals surface area contributed by atoms with Crippen molar-refractivity contribution in [1.29, 1.82) is 5.26 Å². The van der Waals surface area contributed by atoms with Crippen LogP contribution in [0, 0.1) is 17.2 Å². The highest BCUT2D eigenvalue weighted by atomic mass is 32.2. The van der Waals surface area contributed by atoms with Crippen LogP contribution in [-0.4, -0.2) is 37.4 Å². The highest BCUT2D eigenvalue weighted by Gasteiger charge is 2.31. The maximum atomic E-state index is 12.3. The Hall–Kier alpha value is -3.51. The smallest absolute Gasteiger partial charge is 0.411 e. The van der Waals surface area contributed by atoms with Crippen molar-refractivity contribution in [3.05, 3.63) is 48.0 Å². The fourth-order valence-electron chi connectivity index (χ4n) is 5.18. The lowest BCUT2D eigenvalue weighted by Gasteiger charge is -2.19. The van der Waals surface area contributed by atoms with Crippen LogP contribution in [-0.2, 0) is 14.6 Å². The normalized spacial score (nSPS) is 16.9. The average molecular weight is 522 g/mol. The van der Waals surface area contributed by atoms with Crippen molar-refractivity contribution in [1.82, 2.24) is 4.57 Å². The van der Waals surface area contributed by atoms with Crippen molar-refractivity contribution in [2.24, 2.45) is 5.92 Å². The first-order chi connectivity index (χ1) is 17.7. The van der Waals surface area contributed by atoms with Crippen LogP contribution in [0.5, 0.6) is 5.75 Å². The molecule has 1 heterocycles. The third kappa shape index (κ3) is 5.59. The van der Waals surface area contributed by atoms with Crippen molar-refractivity contribution < 1.29 is 22.7 Å². The molecule has 3 aromatic rings. The SMILES string of the molecule is C[C@@H](OC(=O)Nc1ccc(-c2c(C#N)c3ccc(OCS(C)(=O)=O)cc3n2C2CCCC2)cc1)C1CC1. The minimum absolute atomic E-state index is 0.0918. The summed E-state index contributed by atoms with van der Waals surface area (Å²) in [6.45, 7) is 1.92. The molecule has 0 bridgehead atoms. The second-order valence-corrected chi connectivity index (χ2v) is 12.2. The summed E-state index contributed by atoms with van der Waals surface area (Å²) in [5, 5.41) is 13.8. The zero-order valence-electron chi connectivity index (χ0n) is 21.1. The van der Waals surface area contributed by atoms with Crippen molar-refractivity contribution in [3.8, 4) is 23.1 Å². The van der Waals surface area contributed by atoms with Crippen LogP contribution in [0.2, 0.25) is 0 Å². The van der Waals surface area contributed by atoms with Gasteiger partial charge in [-0.2, -0.15) is 5.26 Å². The van der Waals surface area contributed by atoms with E-state index in [1.165, 1.54) is 0 Å². The van der Waals surface area contributed by atoms with Gasteiger partial charge in [0.1, 0.15) is 17.9 Å². The number of carbonyl (C=O) groups is 1. The van der Waals surface area contributed by atoms with Crippen molar-refractivity contribution >= 4 is 32.5 Å². The van der Waals surface area contributed by atoms with E-state index in [2.05, 4.69) is 16.0 Å². The van der Waals surface area contributed by atoms with Gasteiger partial charge in [-0.05, 0) is 68.4 Å². The third-order valence-electron chi connectivity index (χ3n) is 7.20. The van der Waals surface area contributed by atoms with Crippen LogP contribution in [0.1, 0.15) is 57.1 Å². The molecule has 194 valence electrons. The predicted molar refractivity (Wildman–Crippen MR) is 142 cm³/mol. The summed E-state index contributed by atoms with van der Waals surface area (Å²) in [6, 6.07) is 15.4. The standard InChI is InChI=1S/C28H31N3O5S/c1-18(19-7-8-19)36-28(32)30-21-11-9-20(10-12-21)27-25(16-29)24-14-13-23(35-17-37(2,33)34)15-26(24)31(27)22-5-3-4-6-22/h9-15,18-19,22H,3-8,17H2,1-2H3,(H,30,32)/t18-/m1/s1. The van der Waals surface area contributed by atoms with Crippen LogP contribution < -0.4 is 10.1 Å². The molecule has 1 atom stereocenters.